The van der Waals surface area contributed by atoms with Gasteiger partial charge in [-0.1, -0.05) is 24.3 Å². The molecule has 0 amide bonds. The average molecular weight is 213 g/mol. The van der Waals surface area contributed by atoms with Crippen molar-refractivity contribution in [2.24, 2.45) is 0 Å². The predicted octanol–water partition coefficient (Wildman–Crippen LogP) is 2.59. The molecule has 0 atom stereocenters. The third-order valence-electron chi connectivity index (χ3n) is 2.65. The first-order valence-corrected chi connectivity index (χ1v) is 5.43. The van der Waals surface area contributed by atoms with Crippen LogP contribution in [0.15, 0.2) is 42.6 Å². The van der Waals surface area contributed by atoms with E-state index in [2.05, 4.69) is 24.0 Å². The molecule has 0 unspecified atom stereocenters. The lowest BCUT2D eigenvalue weighted by Crippen LogP contribution is -1.93. The summed E-state index contributed by atoms with van der Waals surface area (Å²) in [5.41, 5.74) is 4.47. The summed E-state index contributed by atoms with van der Waals surface area (Å²) in [4.78, 5) is 4.37. The number of aliphatic hydroxyl groups excluding tert-OH is 1. The number of nitrogens with zero attached hydrogens (tertiary/aromatic N) is 1. The average Bonchev–Trinajstić information content (AvgIpc) is 2.30. The van der Waals surface area contributed by atoms with E-state index in [-0.39, 0.29) is 6.61 Å². The van der Waals surface area contributed by atoms with Crippen molar-refractivity contribution in [3.63, 3.8) is 0 Å². The zero-order valence-electron chi connectivity index (χ0n) is 9.35. The Labute approximate surface area is 95.6 Å². The van der Waals surface area contributed by atoms with E-state index in [1.54, 1.807) is 6.20 Å². The van der Waals surface area contributed by atoms with Crippen molar-refractivity contribution in [3.05, 3.63) is 53.7 Å². The molecule has 2 rings (SSSR count). The van der Waals surface area contributed by atoms with Crippen LogP contribution in [0.1, 0.15) is 11.1 Å². The Morgan fingerprint density at radius 3 is 2.75 bits per heavy atom. The Morgan fingerprint density at radius 1 is 1.19 bits per heavy atom. The van der Waals surface area contributed by atoms with E-state index in [9.17, 15) is 0 Å². The van der Waals surface area contributed by atoms with Gasteiger partial charge in [0.25, 0.3) is 0 Å². The van der Waals surface area contributed by atoms with Gasteiger partial charge in [0.1, 0.15) is 0 Å². The summed E-state index contributed by atoms with van der Waals surface area (Å²) >= 11 is 0. The SMILES string of the molecule is Cc1ccccc1-c1cc(CCO)ccn1. The first kappa shape index (κ1) is 10.8. The highest BCUT2D eigenvalue weighted by Crippen LogP contribution is 2.21. The van der Waals surface area contributed by atoms with Gasteiger partial charge in [-0.15, -0.1) is 0 Å². The summed E-state index contributed by atoms with van der Waals surface area (Å²) in [6.45, 7) is 2.26. The molecule has 82 valence electrons. The smallest absolute Gasteiger partial charge is 0.0707 e. The highest BCUT2D eigenvalue weighted by molar-refractivity contribution is 5.63. The maximum absolute atomic E-state index is 8.92. The second kappa shape index (κ2) is 4.90. The lowest BCUT2D eigenvalue weighted by molar-refractivity contribution is 0.299. The van der Waals surface area contributed by atoms with Gasteiger partial charge < -0.3 is 5.11 Å². The summed E-state index contributed by atoms with van der Waals surface area (Å²) in [6.07, 6.45) is 2.48. The Morgan fingerprint density at radius 2 is 2.00 bits per heavy atom. The van der Waals surface area contributed by atoms with Crippen LogP contribution in [0.5, 0.6) is 0 Å². The molecule has 0 radical (unpaired) electrons. The van der Waals surface area contributed by atoms with Crippen molar-refractivity contribution in [1.82, 2.24) is 4.98 Å². The largest absolute Gasteiger partial charge is 0.396 e. The molecule has 0 saturated carbocycles. The molecule has 2 nitrogen and oxygen atoms in total. The van der Waals surface area contributed by atoms with E-state index in [0.29, 0.717) is 6.42 Å². The summed E-state index contributed by atoms with van der Waals surface area (Å²) in [5.74, 6) is 0. The van der Waals surface area contributed by atoms with Crippen LogP contribution in [0.2, 0.25) is 0 Å². The normalized spacial score (nSPS) is 10.4. The molecule has 0 bridgehead atoms. The highest BCUT2D eigenvalue weighted by atomic mass is 16.2. The van der Waals surface area contributed by atoms with Crippen LogP contribution in [0, 0.1) is 6.92 Å². The minimum absolute atomic E-state index is 0.178. The molecule has 0 fully saturated rings. The molecular weight excluding hydrogens is 198 g/mol. The van der Waals surface area contributed by atoms with Crippen LogP contribution in [0.25, 0.3) is 11.3 Å². The molecule has 1 aromatic carbocycles. The van der Waals surface area contributed by atoms with Crippen LogP contribution in [-0.4, -0.2) is 16.7 Å². The van der Waals surface area contributed by atoms with E-state index in [0.717, 1.165) is 16.8 Å². The standard InChI is InChI=1S/C14H15NO/c1-11-4-2-3-5-13(11)14-10-12(7-9-16)6-8-15-14/h2-6,8,10,16H,7,9H2,1H3. The Balaban J connectivity index is 2.40. The van der Waals surface area contributed by atoms with Crippen LogP contribution in [-0.2, 0) is 6.42 Å². The first-order valence-electron chi connectivity index (χ1n) is 5.43. The second-order valence-corrected chi connectivity index (χ2v) is 3.84. The van der Waals surface area contributed by atoms with Crippen molar-refractivity contribution < 1.29 is 5.11 Å². The molecule has 0 aliphatic heterocycles. The molecule has 2 aromatic rings. The van der Waals surface area contributed by atoms with Gasteiger partial charge >= 0.3 is 0 Å². The lowest BCUT2D eigenvalue weighted by atomic mass is 10.0. The van der Waals surface area contributed by atoms with Gasteiger partial charge in [0.15, 0.2) is 0 Å². The monoisotopic (exact) mass is 213 g/mol. The lowest BCUT2D eigenvalue weighted by Gasteiger charge is -2.06. The molecular formula is C14H15NO. The van der Waals surface area contributed by atoms with E-state index < -0.39 is 0 Å². The summed E-state index contributed by atoms with van der Waals surface area (Å²) < 4.78 is 0. The minimum Gasteiger partial charge on any atom is -0.396 e. The number of hydrogen-bond acceptors (Lipinski definition) is 2. The zero-order valence-corrected chi connectivity index (χ0v) is 9.35. The van der Waals surface area contributed by atoms with Gasteiger partial charge in [-0.05, 0) is 36.6 Å². The van der Waals surface area contributed by atoms with Gasteiger partial charge in [0.05, 0.1) is 5.69 Å². The number of aryl methyl sites for hydroxylation is 1. The summed E-state index contributed by atoms with van der Waals surface area (Å²) in [5, 5.41) is 8.92. The van der Waals surface area contributed by atoms with Crippen molar-refractivity contribution in [2.75, 3.05) is 6.61 Å². The molecule has 1 heterocycles. The van der Waals surface area contributed by atoms with Crippen molar-refractivity contribution in [1.29, 1.82) is 0 Å². The third kappa shape index (κ3) is 2.28. The fourth-order valence-corrected chi connectivity index (χ4v) is 1.77. The summed E-state index contributed by atoms with van der Waals surface area (Å²) in [7, 11) is 0. The van der Waals surface area contributed by atoms with Crippen LogP contribution >= 0.6 is 0 Å². The van der Waals surface area contributed by atoms with E-state index in [1.807, 2.05) is 24.3 Å². The molecule has 2 heteroatoms. The first-order chi connectivity index (χ1) is 7.81. The van der Waals surface area contributed by atoms with Gasteiger partial charge in [0, 0.05) is 18.4 Å². The zero-order chi connectivity index (χ0) is 11.4. The molecule has 0 aliphatic rings. The summed E-state index contributed by atoms with van der Waals surface area (Å²) in [6, 6.07) is 12.2. The number of benzene rings is 1. The number of aliphatic hydroxyl groups is 1. The van der Waals surface area contributed by atoms with Crippen molar-refractivity contribution in [2.45, 2.75) is 13.3 Å². The fourth-order valence-electron chi connectivity index (χ4n) is 1.77. The molecule has 1 aromatic heterocycles. The molecule has 0 saturated heterocycles. The molecule has 0 spiro atoms. The van der Waals surface area contributed by atoms with Crippen molar-refractivity contribution in [3.8, 4) is 11.3 Å². The number of pyridine rings is 1. The Bertz CT molecular complexity index is 480. The minimum atomic E-state index is 0.178. The van der Waals surface area contributed by atoms with Gasteiger partial charge in [-0.2, -0.15) is 0 Å². The topological polar surface area (TPSA) is 33.1 Å². The van der Waals surface area contributed by atoms with Crippen molar-refractivity contribution >= 4 is 0 Å². The quantitative estimate of drug-likeness (QED) is 0.850. The van der Waals surface area contributed by atoms with E-state index in [4.69, 9.17) is 5.11 Å². The van der Waals surface area contributed by atoms with Crippen LogP contribution in [0.4, 0.5) is 0 Å². The third-order valence-corrected chi connectivity index (χ3v) is 2.65. The van der Waals surface area contributed by atoms with Gasteiger partial charge in [-0.25, -0.2) is 0 Å². The number of aromatic nitrogens is 1. The number of rotatable bonds is 3. The molecule has 0 aliphatic carbocycles. The maximum Gasteiger partial charge on any atom is 0.0707 e. The number of hydrogen-bond donors (Lipinski definition) is 1. The predicted molar refractivity (Wildman–Crippen MR) is 65.2 cm³/mol. The Kier molecular flexibility index (Phi) is 3.32. The highest BCUT2D eigenvalue weighted by Gasteiger charge is 2.02. The second-order valence-electron chi connectivity index (χ2n) is 3.84. The Hall–Kier alpha value is -1.67. The van der Waals surface area contributed by atoms with E-state index >= 15 is 0 Å². The van der Waals surface area contributed by atoms with Crippen LogP contribution in [0.3, 0.4) is 0 Å². The fraction of sp³-hybridized carbons (Fsp3) is 0.214. The molecule has 1 N–H and O–H groups in total. The van der Waals surface area contributed by atoms with Gasteiger partial charge in [-0.3, -0.25) is 4.98 Å². The van der Waals surface area contributed by atoms with Crippen LogP contribution < -0.4 is 0 Å². The maximum atomic E-state index is 8.92. The van der Waals surface area contributed by atoms with E-state index in [1.165, 1.54) is 5.56 Å². The van der Waals surface area contributed by atoms with Gasteiger partial charge in [0.2, 0.25) is 0 Å². The molecule has 16 heavy (non-hydrogen) atoms.